The van der Waals surface area contributed by atoms with Gasteiger partial charge in [-0.05, 0) is 20.4 Å². The Morgan fingerprint density at radius 1 is 1.78 bits per heavy atom. The summed E-state index contributed by atoms with van der Waals surface area (Å²) in [6.45, 7) is 2.85. The summed E-state index contributed by atoms with van der Waals surface area (Å²) in [5.41, 5.74) is 0.999. The first kappa shape index (κ1) is 8.30. The highest BCUT2D eigenvalue weighted by molar-refractivity contribution is 5.88. The van der Waals surface area contributed by atoms with Crippen LogP contribution in [0.2, 0.25) is 0 Å². The van der Waals surface area contributed by atoms with E-state index in [9.17, 15) is 0 Å². The van der Waals surface area contributed by atoms with E-state index in [4.69, 9.17) is 5.41 Å². The van der Waals surface area contributed by atoms with Crippen molar-refractivity contribution in [1.29, 1.82) is 5.41 Å². The molecular weight excluding hydrogens is 114 g/mol. The Hall–Kier alpha value is -0.700. The third kappa shape index (κ3) is 5.17. The average molecular weight is 127 g/mol. The molecule has 52 valence electrons. The van der Waals surface area contributed by atoms with Crippen molar-refractivity contribution in [2.75, 3.05) is 13.6 Å². The van der Waals surface area contributed by atoms with Crippen LogP contribution in [0.1, 0.15) is 13.3 Å². The Labute approximate surface area is 55.7 Å². The molecule has 0 unspecified atom stereocenters. The lowest BCUT2D eigenvalue weighted by atomic mass is 10.3. The molecule has 0 amide bonds. The highest BCUT2D eigenvalue weighted by Gasteiger charge is 1.86. The number of nitrogens with one attached hydrogen (secondary N) is 2. The van der Waals surface area contributed by atoms with Gasteiger partial charge in [0.05, 0.1) is 0 Å². The molecule has 3 heteroatoms. The maximum atomic E-state index is 6.64. The van der Waals surface area contributed by atoms with Crippen LogP contribution >= 0.6 is 0 Å². The molecule has 0 bridgehead atoms. The number of hydrogen-bond donors (Lipinski definition) is 2. The molecule has 0 aliphatic rings. The molecule has 0 heterocycles. The van der Waals surface area contributed by atoms with Crippen LogP contribution < -0.4 is 5.32 Å². The van der Waals surface area contributed by atoms with Crippen LogP contribution in [0.25, 0.3) is 0 Å². The largest absolute Gasteiger partial charge is 0.319 e. The van der Waals surface area contributed by atoms with Gasteiger partial charge in [0.2, 0.25) is 0 Å². The molecular formula is C6H13N3. The topological polar surface area (TPSA) is 48.2 Å². The summed E-state index contributed by atoms with van der Waals surface area (Å²) in [6.07, 6.45) is 2.00. The maximum absolute atomic E-state index is 6.64. The fraction of sp³-hybridized carbons (Fsp3) is 0.667. The number of hydrogen-bond acceptors (Lipinski definition) is 2. The zero-order valence-electron chi connectivity index (χ0n) is 5.94. The van der Waals surface area contributed by atoms with Crippen LogP contribution in [0.15, 0.2) is 4.99 Å². The SMILES string of the molecule is CNCCC(C)=NC=N. The predicted molar refractivity (Wildman–Crippen MR) is 40.4 cm³/mol. The molecule has 0 aromatic rings. The minimum Gasteiger partial charge on any atom is -0.319 e. The lowest BCUT2D eigenvalue weighted by molar-refractivity contribution is 0.823. The molecule has 9 heavy (non-hydrogen) atoms. The Kier molecular flexibility index (Phi) is 5.01. The van der Waals surface area contributed by atoms with E-state index in [1.54, 1.807) is 0 Å². The van der Waals surface area contributed by atoms with E-state index in [0.717, 1.165) is 25.0 Å². The number of aliphatic imine (C=N–C) groups is 1. The lowest BCUT2D eigenvalue weighted by Gasteiger charge is -1.95. The molecule has 0 aliphatic heterocycles. The van der Waals surface area contributed by atoms with Gasteiger partial charge in [-0.25, -0.2) is 4.99 Å². The fourth-order valence-electron chi connectivity index (χ4n) is 0.481. The van der Waals surface area contributed by atoms with Gasteiger partial charge < -0.3 is 5.32 Å². The van der Waals surface area contributed by atoms with Crippen molar-refractivity contribution < 1.29 is 0 Å². The average Bonchev–Trinajstić information content (AvgIpc) is 1.85. The van der Waals surface area contributed by atoms with Gasteiger partial charge in [0, 0.05) is 12.3 Å². The Balaban J connectivity index is 3.36. The van der Waals surface area contributed by atoms with E-state index in [0.29, 0.717) is 0 Å². The molecule has 0 saturated carbocycles. The summed E-state index contributed by atoms with van der Waals surface area (Å²) >= 11 is 0. The molecule has 3 nitrogen and oxygen atoms in total. The zero-order valence-corrected chi connectivity index (χ0v) is 5.94. The molecule has 0 atom stereocenters. The van der Waals surface area contributed by atoms with Gasteiger partial charge >= 0.3 is 0 Å². The van der Waals surface area contributed by atoms with Crippen LogP contribution in [0, 0.1) is 5.41 Å². The van der Waals surface area contributed by atoms with Gasteiger partial charge in [0.15, 0.2) is 0 Å². The van der Waals surface area contributed by atoms with Crippen molar-refractivity contribution >= 4 is 12.1 Å². The summed E-state index contributed by atoms with van der Waals surface area (Å²) in [5, 5.41) is 9.64. The summed E-state index contributed by atoms with van der Waals surface area (Å²) in [6, 6.07) is 0. The summed E-state index contributed by atoms with van der Waals surface area (Å²) < 4.78 is 0. The smallest absolute Gasteiger partial charge is 0.106 e. The van der Waals surface area contributed by atoms with Crippen molar-refractivity contribution in [3.8, 4) is 0 Å². The first-order valence-corrected chi connectivity index (χ1v) is 2.98. The maximum Gasteiger partial charge on any atom is 0.106 e. The van der Waals surface area contributed by atoms with Crippen molar-refractivity contribution in [2.24, 2.45) is 4.99 Å². The third-order valence-electron chi connectivity index (χ3n) is 1.02. The van der Waals surface area contributed by atoms with Crippen molar-refractivity contribution in [1.82, 2.24) is 5.32 Å². The second kappa shape index (κ2) is 5.44. The van der Waals surface area contributed by atoms with Crippen LogP contribution in [0.5, 0.6) is 0 Å². The van der Waals surface area contributed by atoms with Gasteiger partial charge in [-0.3, -0.25) is 5.41 Å². The molecule has 0 aromatic heterocycles. The van der Waals surface area contributed by atoms with E-state index in [2.05, 4.69) is 10.3 Å². The summed E-state index contributed by atoms with van der Waals surface area (Å²) in [5.74, 6) is 0. The Bertz CT molecular complexity index is 107. The summed E-state index contributed by atoms with van der Waals surface area (Å²) in [7, 11) is 1.90. The first-order chi connectivity index (χ1) is 4.31. The second-order valence-corrected chi connectivity index (χ2v) is 1.85. The van der Waals surface area contributed by atoms with Crippen LogP contribution in [-0.4, -0.2) is 25.6 Å². The zero-order chi connectivity index (χ0) is 7.11. The van der Waals surface area contributed by atoms with Crippen LogP contribution in [-0.2, 0) is 0 Å². The van der Waals surface area contributed by atoms with Crippen molar-refractivity contribution in [3.63, 3.8) is 0 Å². The van der Waals surface area contributed by atoms with Crippen LogP contribution in [0.4, 0.5) is 0 Å². The fourth-order valence-corrected chi connectivity index (χ4v) is 0.481. The molecule has 2 N–H and O–H groups in total. The Morgan fingerprint density at radius 2 is 2.44 bits per heavy atom. The van der Waals surface area contributed by atoms with Gasteiger partial charge in [0.1, 0.15) is 6.34 Å². The van der Waals surface area contributed by atoms with Gasteiger partial charge in [-0.1, -0.05) is 0 Å². The van der Waals surface area contributed by atoms with E-state index in [1.807, 2.05) is 14.0 Å². The quantitative estimate of drug-likeness (QED) is 0.423. The minimum absolute atomic E-state index is 0.922. The molecule has 0 spiro atoms. The number of nitrogens with zero attached hydrogens (tertiary/aromatic N) is 1. The highest BCUT2D eigenvalue weighted by atomic mass is 14.8. The van der Waals surface area contributed by atoms with Crippen molar-refractivity contribution in [3.05, 3.63) is 0 Å². The van der Waals surface area contributed by atoms with Crippen molar-refractivity contribution in [2.45, 2.75) is 13.3 Å². The molecule has 0 saturated heterocycles. The standard InChI is InChI=1S/C6H13N3/c1-6(9-5-7)3-4-8-2/h5,7-8H,3-4H2,1-2H3. The first-order valence-electron chi connectivity index (χ1n) is 2.98. The second-order valence-electron chi connectivity index (χ2n) is 1.85. The number of rotatable bonds is 4. The minimum atomic E-state index is 0.922. The molecule has 0 aromatic carbocycles. The molecule has 0 radical (unpaired) electrons. The van der Waals surface area contributed by atoms with E-state index >= 15 is 0 Å². The molecule has 0 fully saturated rings. The lowest BCUT2D eigenvalue weighted by Crippen LogP contribution is -2.11. The third-order valence-corrected chi connectivity index (χ3v) is 1.02. The van der Waals surface area contributed by atoms with Gasteiger partial charge in [0.25, 0.3) is 0 Å². The van der Waals surface area contributed by atoms with E-state index in [-0.39, 0.29) is 0 Å². The molecule has 0 aliphatic carbocycles. The summed E-state index contributed by atoms with van der Waals surface area (Å²) in [4.78, 5) is 3.78. The Morgan fingerprint density at radius 3 is 2.89 bits per heavy atom. The van der Waals surface area contributed by atoms with Gasteiger partial charge in [-0.15, -0.1) is 0 Å². The predicted octanol–water partition coefficient (Wildman–Crippen LogP) is 0.664. The normalized spacial score (nSPS) is 11.6. The van der Waals surface area contributed by atoms with E-state index in [1.165, 1.54) is 0 Å². The van der Waals surface area contributed by atoms with E-state index < -0.39 is 0 Å². The monoisotopic (exact) mass is 127 g/mol. The molecule has 0 rings (SSSR count). The highest BCUT2D eigenvalue weighted by Crippen LogP contribution is 1.81. The van der Waals surface area contributed by atoms with Crippen LogP contribution in [0.3, 0.4) is 0 Å². The van der Waals surface area contributed by atoms with Gasteiger partial charge in [-0.2, -0.15) is 0 Å².